The number of esters is 2. The van der Waals surface area contributed by atoms with Gasteiger partial charge in [0.05, 0.1) is 105 Å². The third kappa shape index (κ3) is 11.0. The normalized spacial score (nSPS) is 19.0. The lowest BCUT2D eigenvalue weighted by molar-refractivity contribution is -0.121. The monoisotopic (exact) mass is 1200 g/mol. The molecular weight excluding hydrogens is 1150 g/mol. The number of aromatic nitrogens is 6. The van der Waals surface area contributed by atoms with Gasteiger partial charge in [0.25, 0.3) is 0 Å². The fourth-order valence-electron chi connectivity index (χ4n) is 12.4. The van der Waals surface area contributed by atoms with E-state index in [-0.39, 0.29) is 141 Å². The van der Waals surface area contributed by atoms with Gasteiger partial charge in [-0.15, -0.1) is 0 Å². The van der Waals surface area contributed by atoms with Crippen LogP contribution in [0.1, 0.15) is 104 Å². The first kappa shape index (κ1) is 56.6. The number of carbonyl (C=O) groups excluding carboxylic acids is 2. The Balaban J connectivity index is 0.706. The molecule has 16 rings (SSSR count). The lowest BCUT2D eigenvalue weighted by atomic mass is 9.74. The number of imidazole rings is 2. The van der Waals surface area contributed by atoms with Crippen LogP contribution in [-0.2, 0) is 40.3 Å². The molecular formula is C68H48F6N8O7. The number of hydrogen-bond donors (Lipinski definition) is 0. The van der Waals surface area contributed by atoms with Crippen molar-refractivity contribution in [1.82, 2.24) is 29.1 Å². The van der Waals surface area contributed by atoms with Crippen molar-refractivity contribution < 1.29 is 59.6 Å². The third-order valence-corrected chi connectivity index (χ3v) is 17.3. The zero-order chi connectivity index (χ0) is 61.2. The highest BCUT2D eigenvalue weighted by molar-refractivity contribution is 6.05. The molecule has 4 aliphatic heterocycles. The molecule has 0 N–H and O–H groups in total. The molecule has 8 heterocycles. The SMILES string of the molecule is N#Cc1ccc(COc2cccc(-c3cc(F)c(Cc4nc5ccc(C(=O)OC(=O)c6ccc7nc(Cc8cc(F)c(-c9cccc(OCc%10ccc(C#N)cc%10F)n9)cc8F)n(C8COC9CC8C9)c7c6)cc5n4C4COC5CC4C5)cc3F)n2)c(F)c1. The number of fused-ring (bicyclic) bond motifs is 6. The van der Waals surface area contributed by atoms with Gasteiger partial charge in [-0.2, -0.15) is 10.5 Å². The van der Waals surface area contributed by atoms with E-state index in [4.69, 9.17) is 44.2 Å². The van der Waals surface area contributed by atoms with E-state index < -0.39 is 46.8 Å². The van der Waals surface area contributed by atoms with Gasteiger partial charge in [-0.25, -0.2) is 55.9 Å². The van der Waals surface area contributed by atoms with Crippen LogP contribution in [0.4, 0.5) is 26.3 Å². The molecule has 444 valence electrons. The van der Waals surface area contributed by atoms with Crippen LogP contribution < -0.4 is 9.47 Å². The molecule has 2 saturated carbocycles. The maximum absolute atomic E-state index is 16.3. The first-order valence-electron chi connectivity index (χ1n) is 28.8. The van der Waals surface area contributed by atoms with Crippen LogP contribution in [0, 0.1) is 69.4 Å². The van der Waals surface area contributed by atoms with E-state index in [9.17, 15) is 18.4 Å². The van der Waals surface area contributed by atoms with Gasteiger partial charge in [-0.3, -0.25) is 0 Å². The molecule has 4 aromatic heterocycles. The molecule has 4 bridgehead atoms. The molecule has 2 aliphatic carbocycles. The van der Waals surface area contributed by atoms with E-state index in [1.807, 2.05) is 21.3 Å². The van der Waals surface area contributed by atoms with Gasteiger partial charge >= 0.3 is 11.9 Å². The quantitative estimate of drug-likeness (QED) is 0.0505. The Hall–Kier alpha value is -10.2. The Bertz CT molecular complexity index is 4330. The number of halogens is 6. The molecule has 2 atom stereocenters. The predicted octanol–water partition coefficient (Wildman–Crippen LogP) is 13.1. The summed E-state index contributed by atoms with van der Waals surface area (Å²) in [5.41, 5.74) is 2.41. The van der Waals surface area contributed by atoms with Crippen LogP contribution in [0.2, 0.25) is 0 Å². The number of ether oxygens (including phenoxy) is 5. The summed E-state index contributed by atoms with van der Waals surface area (Å²) in [5, 5.41) is 18.2. The summed E-state index contributed by atoms with van der Waals surface area (Å²) in [6.45, 7) is 0.164. The van der Waals surface area contributed by atoms with Crippen LogP contribution >= 0.6 is 0 Å². The maximum atomic E-state index is 16.3. The summed E-state index contributed by atoms with van der Waals surface area (Å²) in [4.78, 5) is 46.7. The predicted molar refractivity (Wildman–Crippen MR) is 308 cm³/mol. The number of nitriles is 2. The smallest absolute Gasteiger partial charge is 0.346 e. The van der Waals surface area contributed by atoms with Crippen molar-refractivity contribution in [2.24, 2.45) is 11.8 Å². The van der Waals surface area contributed by atoms with Crippen molar-refractivity contribution in [3.8, 4) is 46.4 Å². The Labute approximate surface area is 503 Å². The highest BCUT2D eigenvalue weighted by Crippen LogP contribution is 2.47. The molecule has 10 aromatic rings. The molecule has 89 heavy (non-hydrogen) atoms. The Morgan fingerprint density at radius 3 is 1.31 bits per heavy atom. The minimum atomic E-state index is -0.965. The zero-order valence-electron chi connectivity index (χ0n) is 46.9. The number of hydrogen-bond acceptors (Lipinski definition) is 13. The number of nitrogens with zero attached hydrogens (tertiary/aromatic N) is 8. The van der Waals surface area contributed by atoms with E-state index in [1.165, 1.54) is 60.7 Å². The van der Waals surface area contributed by atoms with Gasteiger partial charge in [-0.1, -0.05) is 24.3 Å². The van der Waals surface area contributed by atoms with Crippen LogP contribution in [0.25, 0.3) is 44.6 Å². The second kappa shape index (κ2) is 23.1. The van der Waals surface area contributed by atoms with Crippen LogP contribution in [-0.4, -0.2) is 66.4 Å². The summed E-state index contributed by atoms with van der Waals surface area (Å²) in [5.74, 6) is -5.04. The van der Waals surface area contributed by atoms with Gasteiger partial charge in [0.15, 0.2) is 0 Å². The fourth-order valence-corrected chi connectivity index (χ4v) is 12.4. The largest absolute Gasteiger partial charge is 0.473 e. The van der Waals surface area contributed by atoms with E-state index in [2.05, 4.69) is 9.97 Å². The minimum absolute atomic E-state index is 0.00359. The molecule has 6 fully saturated rings. The Morgan fingerprint density at radius 1 is 0.494 bits per heavy atom. The molecule has 4 saturated heterocycles. The zero-order valence-corrected chi connectivity index (χ0v) is 46.9. The molecule has 6 aliphatic rings. The van der Waals surface area contributed by atoms with Crippen molar-refractivity contribution in [2.45, 2.75) is 76.0 Å². The first-order valence-corrected chi connectivity index (χ1v) is 28.8. The summed E-state index contributed by atoms with van der Waals surface area (Å²) < 4.78 is 127. The van der Waals surface area contributed by atoms with Gasteiger partial charge < -0.3 is 32.8 Å². The fraction of sp³-hybridized carbons (Fsp3) is 0.235. The van der Waals surface area contributed by atoms with Crippen molar-refractivity contribution in [3.05, 3.63) is 225 Å². The lowest BCUT2D eigenvalue weighted by Gasteiger charge is -2.47. The number of pyridine rings is 2. The minimum Gasteiger partial charge on any atom is -0.473 e. The summed E-state index contributed by atoms with van der Waals surface area (Å²) >= 11 is 0. The molecule has 6 aromatic carbocycles. The van der Waals surface area contributed by atoms with Crippen LogP contribution in [0.3, 0.4) is 0 Å². The molecule has 2 unspecified atom stereocenters. The molecule has 0 amide bonds. The van der Waals surface area contributed by atoms with Crippen molar-refractivity contribution in [3.63, 3.8) is 0 Å². The average Bonchev–Trinajstić information content (AvgIpc) is 1.69. The number of benzene rings is 6. The van der Waals surface area contributed by atoms with Gasteiger partial charge in [-0.05, 0) is 146 Å². The summed E-state index contributed by atoms with van der Waals surface area (Å²) in [7, 11) is 0. The highest BCUT2D eigenvalue weighted by Gasteiger charge is 2.45. The van der Waals surface area contributed by atoms with Gasteiger partial charge in [0, 0.05) is 47.2 Å². The van der Waals surface area contributed by atoms with Gasteiger partial charge in [0.1, 0.15) is 59.8 Å². The second-order valence-electron chi connectivity index (χ2n) is 22.7. The van der Waals surface area contributed by atoms with Crippen LogP contribution in [0.15, 0.2) is 133 Å². The molecule has 0 spiro atoms. The van der Waals surface area contributed by atoms with E-state index >= 15 is 17.6 Å². The van der Waals surface area contributed by atoms with Crippen molar-refractivity contribution in [2.75, 3.05) is 13.2 Å². The highest BCUT2D eigenvalue weighted by atomic mass is 19.1. The Kier molecular flexibility index (Phi) is 14.7. The number of carbonyl (C=O) groups is 2. The second-order valence-corrected chi connectivity index (χ2v) is 22.7. The van der Waals surface area contributed by atoms with E-state index in [0.717, 1.165) is 62.1 Å². The summed E-state index contributed by atoms with van der Waals surface area (Å²) in [6, 6.07) is 33.7. The third-order valence-electron chi connectivity index (χ3n) is 17.3. The summed E-state index contributed by atoms with van der Waals surface area (Å²) in [6.07, 6.45) is 3.02. The lowest BCUT2D eigenvalue weighted by Crippen LogP contribution is -2.46. The molecule has 21 heteroatoms. The van der Waals surface area contributed by atoms with E-state index in [1.54, 1.807) is 36.4 Å². The average molecular weight is 1200 g/mol. The number of rotatable bonds is 16. The molecule has 15 nitrogen and oxygen atoms in total. The van der Waals surface area contributed by atoms with Crippen molar-refractivity contribution in [1.29, 1.82) is 10.5 Å². The van der Waals surface area contributed by atoms with Crippen LogP contribution in [0.5, 0.6) is 11.8 Å². The first-order chi connectivity index (χ1) is 43.2. The van der Waals surface area contributed by atoms with Gasteiger partial charge in [0.2, 0.25) is 11.8 Å². The standard InChI is InChI=1S/C68H48F6N8O7/c69-49-15-35(29-75)7-9-39(49)31-87-65-5-1-3-55(79-65)47-27-51(71)41(21-53(47)73)25-63-77-57-13-11-37(23-59(57)81(63)61-33-85-45-17-43(61)18-45)67(83)89-68(84)38-12-14-58-60(24-38)82(62-34-86-46-19-44(62)20-46)64(78-58)26-42-22-54(74)48(28-52(42)72)56-4-2-6-66(80-56)88-32-40-10-8-36(30-76)16-50(40)70/h1-16,21-24,27-28,43-46,61-62H,17-20,25-26,31-34H2. The Morgan fingerprint density at radius 2 is 0.921 bits per heavy atom. The van der Waals surface area contributed by atoms with E-state index in [0.29, 0.717) is 46.9 Å². The van der Waals surface area contributed by atoms with Crippen molar-refractivity contribution >= 4 is 34.0 Å². The maximum Gasteiger partial charge on any atom is 0.346 e. The molecule has 0 radical (unpaired) electrons. The topological polar surface area (TPSA) is 189 Å².